The number of amides is 2. The molecule has 0 aliphatic carbocycles. The van der Waals surface area contributed by atoms with E-state index in [4.69, 9.17) is 16.3 Å². The number of nitrogens with one attached hydrogen (secondary N) is 2. The first kappa shape index (κ1) is 22.8. The zero-order chi connectivity index (χ0) is 24.4. The number of ether oxygens (including phenoxy) is 1. The summed E-state index contributed by atoms with van der Waals surface area (Å²) in [6.45, 7) is 1.28. The molecular weight excluding hydrogens is 472 g/mol. The molecule has 2 amide bonds. The summed E-state index contributed by atoms with van der Waals surface area (Å²) in [6, 6.07) is 5.16. The minimum atomic E-state index is -0.194. The van der Waals surface area contributed by atoms with Crippen LogP contribution >= 0.6 is 11.6 Å². The predicted octanol–water partition coefficient (Wildman–Crippen LogP) is 2.35. The third-order valence-corrected chi connectivity index (χ3v) is 6.31. The summed E-state index contributed by atoms with van der Waals surface area (Å²) < 4.78 is 6.96. The Balaban J connectivity index is 1.16. The van der Waals surface area contributed by atoms with E-state index >= 15 is 0 Å². The van der Waals surface area contributed by atoms with E-state index in [1.807, 2.05) is 22.9 Å². The normalized spacial score (nSPS) is 14.3. The van der Waals surface area contributed by atoms with Crippen LogP contribution in [0.4, 0.5) is 0 Å². The largest absolute Gasteiger partial charge is 0.481 e. The highest BCUT2D eigenvalue weighted by atomic mass is 35.5. The molecule has 2 N–H and O–H groups in total. The van der Waals surface area contributed by atoms with E-state index in [2.05, 4.69) is 30.5 Å². The second-order valence-electron chi connectivity index (χ2n) is 8.22. The molecule has 5 rings (SSSR count). The molecule has 0 aromatic carbocycles. The highest BCUT2D eigenvalue weighted by Gasteiger charge is 2.29. The van der Waals surface area contributed by atoms with Crippen molar-refractivity contribution in [1.82, 2.24) is 39.8 Å². The number of rotatable bonds is 6. The number of carbonyl (C=O) groups excluding carboxylic acids is 2. The van der Waals surface area contributed by atoms with E-state index in [9.17, 15) is 9.59 Å². The van der Waals surface area contributed by atoms with Gasteiger partial charge in [-0.3, -0.25) is 19.1 Å². The first-order chi connectivity index (χ1) is 17.0. The molecular formula is C23H23ClN8O3. The molecule has 12 heteroatoms. The second kappa shape index (κ2) is 9.71. The molecule has 180 valence electrons. The lowest BCUT2D eigenvalue weighted by Gasteiger charge is -2.30. The molecule has 1 fully saturated rings. The van der Waals surface area contributed by atoms with Gasteiger partial charge in [-0.15, -0.1) is 0 Å². The molecule has 0 radical (unpaired) electrons. The van der Waals surface area contributed by atoms with Crippen molar-refractivity contribution in [1.29, 1.82) is 0 Å². The van der Waals surface area contributed by atoms with Crippen LogP contribution in [0.25, 0.3) is 17.0 Å². The number of carbonyl (C=O) groups is 2. The smallest absolute Gasteiger partial charge is 0.274 e. The van der Waals surface area contributed by atoms with Crippen LogP contribution in [0.3, 0.4) is 0 Å². The summed E-state index contributed by atoms with van der Waals surface area (Å²) in [5, 5.41) is 10.4. The van der Waals surface area contributed by atoms with Gasteiger partial charge >= 0.3 is 0 Å². The number of H-pyrrole nitrogens is 1. The Morgan fingerprint density at radius 2 is 2.09 bits per heavy atom. The van der Waals surface area contributed by atoms with E-state index in [-0.39, 0.29) is 23.4 Å². The fourth-order valence-electron chi connectivity index (χ4n) is 4.10. The summed E-state index contributed by atoms with van der Waals surface area (Å²) in [5.41, 5.74) is 2.26. The van der Waals surface area contributed by atoms with Gasteiger partial charge in [0, 0.05) is 49.2 Å². The van der Waals surface area contributed by atoms with E-state index in [1.54, 1.807) is 23.2 Å². The number of imidazole rings is 1. The summed E-state index contributed by atoms with van der Waals surface area (Å²) in [4.78, 5) is 40.0. The topological polar surface area (TPSA) is 130 Å². The lowest BCUT2D eigenvalue weighted by molar-refractivity contribution is -0.126. The van der Waals surface area contributed by atoms with Crippen molar-refractivity contribution >= 4 is 29.2 Å². The predicted molar refractivity (Wildman–Crippen MR) is 127 cm³/mol. The Labute approximate surface area is 205 Å². The van der Waals surface area contributed by atoms with E-state index < -0.39 is 0 Å². The fraction of sp³-hybridized carbons (Fsp3) is 0.304. The zero-order valence-electron chi connectivity index (χ0n) is 18.9. The number of pyridine rings is 1. The van der Waals surface area contributed by atoms with Crippen LogP contribution in [-0.4, -0.2) is 66.5 Å². The number of methoxy groups -OCH3 is 1. The van der Waals surface area contributed by atoms with Gasteiger partial charge in [-0.1, -0.05) is 11.6 Å². The second-order valence-corrected chi connectivity index (χ2v) is 8.62. The zero-order valence-corrected chi connectivity index (χ0v) is 19.7. The van der Waals surface area contributed by atoms with Crippen molar-refractivity contribution in [3.63, 3.8) is 0 Å². The van der Waals surface area contributed by atoms with Crippen LogP contribution < -0.4 is 10.1 Å². The molecule has 0 atom stereocenters. The molecule has 1 saturated heterocycles. The average molecular weight is 495 g/mol. The third-order valence-electron chi connectivity index (χ3n) is 6.01. The number of hydrogen-bond donors (Lipinski definition) is 2. The maximum Gasteiger partial charge on any atom is 0.274 e. The number of likely N-dealkylation sites (tertiary alicyclic amines) is 1. The van der Waals surface area contributed by atoms with Crippen LogP contribution in [0, 0.1) is 5.92 Å². The number of nitrogens with zero attached hydrogens (tertiary/aromatic N) is 6. The van der Waals surface area contributed by atoms with E-state index in [0.29, 0.717) is 60.4 Å². The monoisotopic (exact) mass is 494 g/mol. The summed E-state index contributed by atoms with van der Waals surface area (Å²) in [7, 11) is 1.52. The Morgan fingerprint density at radius 1 is 1.26 bits per heavy atom. The number of fused-ring (bicyclic) bond motifs is 1. The van der Waals surface area contributed by atoms with Crippen molar-refractivity contribution in [3.05, 3.63) is 59.4 Å². The van der Waals surface area contributed by atoms with Crippen molar-refractivity contribution in [2.24, 2.45) is 5.92 Å². The summed E-state index contributed by atoms with van der Waals surface area (Å²) in [6.07, 6.45) is 8.02. The minimum absolute atomic E-state index is 0.0366. The van der Waals surface area contributed by atoms with Crippen molar-refractivity contribution in [2.45, 2.75) is 19.4 Å². The van der Waals surface area contributed by atoms with Gasteiger partial charge in [-0.25, -0.2) is 15.0 Å². The van der Waals surface area contributed by atoms with Gasteiger partial charge in [0.05, 0.1) is 36.3 Å². The average Bonchev–Trinajstić information content (AvgIpc) is 3.54. The van der Waals surface area contributed by atoms with Crippen LogP contribution in [0.1, 0.15) is 29.0 Å². The van der Waals surface area contributed by atoms with Gasteiger partial charge in [-0.2, -0.15) is 5.10 Å². The molecule has 5 heterocycles. The van der Waals surface area contributed by atoms with E-state index in [0.717, 1.165) is 5.69 Å². The first-order valence-corrected chi connectivity index (χ1v) is 11.5. The van der Waals surface area contributed by atoms with Gasteiger partial charge in [0.2, 0.25) is 17.6 Å². The fourth-order valence-corrected chi connectivity index (χ4v) is 4.31. The highest BCUT2D eigenvalue weighted by Crippen LogP contribution is 2.29. The van der Waals surface area contributed by atoms with Crippen molar-refractivity contribution in [2.75, 3.05) is 20.2 Å². The van der Waals surface area contributed by atoms with Crippen LogP contribution in [0.2, 0.25) is 5.02 Å². The number of aromatic nitrogens is 6. The summed E-state index contributed by atoms with van der Waals surface area (Å²) >= 11 is 6.25. The van der Waals surface area contributed by atoms with Gasteiger partial charge in [0.1, 0.15) is 0 Å². The van der Waals surface area contributed by atoms with Crippen LogP contribution in [0.5, 0.6) is 5.88 Å². The Hall–Kier alpha value is -3.99. The summed E-state index contributed by atoms with van der Waals surface area (Å²) in [5.74, 6) is 0.610. The van der Waals surface area contributed by atoms with Gasteiger partial charge in [-0.05, 0) is 25.0 Å². The Bertz CT molecular complexity index is 1340. The van der Waals surface area contributed by atoms with Gasteiger partial charge in [0.15, 0.2) is 5.69 Å². The van der Waals surface area contributed by atoms with Crippen molar-refractivity contribution in [3.8, 4) is 17.1 Å². The maximum absolute atomic E-state index is 13.0. The molecule has 0 spiro atoms. The Kier molecular flexibility index (Phi) is 6.32. The van der Waals surface area contributed by atoms with E-state index in [1.165, 1.54) is 13.3 Å². The number of hydrogen-bond acceptors (Lipinski definition) is 7. The number of aromatic amines is 1. The molecule has 4 aromatic rings. The molecule has 4 aromatic heterocycles. The molecule has 0 unspecified atom stereocenters. The quantitative estimate of drug-likeness (QED) is 0.420. The van der Waals surface area contributed by atoms with Gasteiger partial charge in [0.25, 0.3) is 5.91 Å². The molecule has 11 nitrogen and oxygen atoms in total. The lowest BCUT2D eigenvalue weighted by atomic mass is 9.95. The molecule has 0 saturated carbocycles. The highest BCUT2D eigenvalue weighted by molar-refractivity contribution is 6.33. The first-order valence-electron chi connectivity index (χ1n) is 11.1. The van der Waals surface area contributed by atoms with Crippen LogP contribution in [-0.2, 0) is 11.3 Å². The standard InChI is InChI=1S/C23H23ClN8O3/c1-35-20-9-16(17(24)12-26-20)18-10-19(30-29-18)22(34)31-7-3-14(4-8-31)21(33)27-11-15-13-32-6-2-5-25-23(32)28-15/h2,5-6,9-10,12-14H,3-4,7-8,11H2,1H3,(H,27,33)(H,29,30). The maximum atomic E-state index is 13.0. The van der Waals surface area contributed by atoms with Crippen LogP contribution in [0.15, 0.2) is 43.0 Å². The SMILES string of the molecule is COc1cc(-c2cc(C(=O)N3CCC(C(=O)NCc4cn5cccnc5n4)CC3)n[nH]2)c(Cl)cn1. The Morgan fingerprint density at radius 3 is 2.86 bits per heavy atom. The molecule has 0 bridgehead atoms. The van der Waals surface area contributed by atoms with Crippen molar-refractivity contribution < 1.29 is 14.3 Å². The number of piperidine rings is 1. The lowest BCUT2D eigenvalue weighted by Crippen LogP contribution is -2.43. The third kappa shape index (κ3) is 4.80. The minimum Gasteiger partial charge on any atom is -0.481 e. The molecule has 1 aliphatic rings. The molecule has 1 aliphatic heterocycles. The molecule has 35 heavy (non-hydrogen) atoms. The van der Waals surface area contributed by atoms with Gasteiger partial charge < -0.3 is 15.0 Å². The number of halogens is 1.